The molecular weight excluding hydrogens is 165 g/mol. The Balaban J connectivity index is 2.78. The minimum absolute atomic E-state index is 0.290. The Kier molecular flexibility index (Phi) is 3.74. The molecular formula is C11H16FN. The number of benzene rings is 1. The number of rotatable bonds is 4. The molecule has 0 aliphatic heterocycles. The molecule has 0 aromatic heterocycles. The van der Waals surface area contributed by atoms with E-state index in [0.717, 1.165) is 12.2 Å². The number of nitrogens with zero attached hydrogens (tertiary/aromatic N) is 1. The molecule has 0 aliphatic carbocycles. The molecule has 13 heavy (non-hydrogen) atoms. The van der Waals surface area contributed by atoms with Crippen LogP contribution in [0.2, 0.25) is 0 Å². The van der Waals surface area contributed by atoms with Crippen LogP contribution in [0, 0.1) is 6.92 Å². The molecule has 0 saturated heterocycles. The van der Waals surface area contributed by atoms with Crippen molar-refractivity contribution in [3.8, 4) is 0 Å². The summed E-state index contributed by atoms with van der Waals surface area (Å²) >= 11 is 0. The summed E-state index contributed by atoms with van der Waals surface area (Å²) in [6, 6.07) is 8.16. The molecule has 1 rings (SSSR count). The van der Waals surface area contributed by atoms with Gasteiger partial charge in [0.05, 0.1) is 0 Å². The zero-order chi connectivity index (χ0) is 9.68. The summed E-state index contributed by atoms with van der Waals surface area (Å²) < 4.78 is 12.2. The van der Waals surface area contributed by atoms with E-state index < -0.39 is 0 Å². The van der Waals surface area contributed by atoms with Gasteiger partial charge >= 0.3 is 0 Å². The molecule has 0 heterocycles. The normalized spacial score (nSPS) is 10.1. The van der Waals surface area contributed by atoms with Gasteiger partial charge in [-0.25, -0.2) is 4.39 Å². The van der Waals surface area contributed by atoms with Crippen molar-refractivity contribution in [2.75, 3.05) is 24.7 Å². The van der Waals surface area contributed by atoms with Gasteiger partial charge in [-0.1, -0.05) is 12.1 Å². The lowest BCUT2D eigenvalue weighted by atomic mass is 10.2. The van der Waals surface area contributed by atoms with Crippen molar-refractivity contribution in [1.82, 2.24) is 0 Å². The summed E-state index contributed by atoms with van der Waals surface area (Å²) in [5.41, 5.74) is 2.33. The van der Waals surface area contributed by atoms with Crippen LogP contribution < -0.4 is 4.90 Å². The largest absolute Gasteiger partial charge is 0.369 e. The van der Waals surface area contributed by atoms with Gasteiger partial charge < -0.3 is 4.90 Å². The van der Waals surface area contributed by atoms with Crippen molar-refractivity contribution in [2.24, 2.45) is 0 Å². The second-order valence-electron chi connectivity index (χ2n) is 3.11. The number of aryl methyl sites for hydroxylation is 1. The first-order valence-corrected chi connectivity index (χ1v) is 4.65. The van der Waals surface area contributed by atoms with Crippen LogP contribution in [-0.4, -0.2) is 19.8 Å². The predicted molar refractivity (Wildman–Crippen MR) is 55.0 cm³/mol. The standard InChI is InChI=1S/C11H16FN/c1-3-13(8-7-12)11-6-4-5-10(2)9-11/h4-6,9H,3,7-8H2,1-2H3. The Labute approximate surface area is 79.2 Å². The van der Waals surface area contributed by atoms with Gasteiger partial charge in [0.2, 0.25) is 0 Å². The lowest BCUT2D eigenvalue weighted by molar-refractivity contribution is 0.492. The monoisotopic (exact) mass is 181 g/mol. The van der Waals surface area contributed by atoms with Crippen molar-refractivity contribution >= 4 is 5.69 Å². The molecule has 0 aliphatic rings. The van der Waals surface area contributed by atoms with E-state index in [1.54, 1.807) is 0 Å². The van der Waals surface area contributed by atoms with Crippen molar-refractivity contribution < 1.29 is 4.39 Å². The molecule has 0 N–H and O–H groups in total. The van der Waals surface area contributed by atoms with Gasteiger partial charge in [0, 0.05) is 18.8 Å². The van der Waals surface area contributed by atoms with Gasteiger partial charge in [-0.15, -0.1) is 0 Å². The molecule has 1 aromatic rings. The van der Waals surface area contributed by atoms with Crippen molar-refractivity contribution in [2.45, 2.75) is 13.8 Å². The maximum atomic E-state index is 12.2. The fourth-order valence-electron chi connectivity index (χ4n) is 1.40. The summed E-state index contributed by atoms with van der Waals surface area (Å²) in [6.07, 6.45) is 0. The maximum absolute atomic E-state index is 12.2. The highest BCUT2D eigenvalue weighted by Crippen LogP contribution is 2.14. The Morgan fingerprint density at radius 3 is 2.69 bits per heavy atom. The van der Waals surface area contributed by atoms with E-state index in [4.69, 9.17) is 0 Å². The molecule has 1 nitrogen and oxygen atoms in total. The van der Waals surface area contributed by atoms with E-state index in [2.05, 4.69) is 6.07 Å². The molecule has 2 heteroatoms. The molecule has 0 atom stereocenters. The molecule has 0 amide bonds. The van der Waals surface area contributed by atoms with Crippen LogP contribution in [-0.2, 0) is 0 Å². The van der Waals surface area contributed by atoms with Crippen LogP contribution in [0.3, 0.4) is 0 Å². The summed E-state index contributed by atoms with van der Waals surface area (Å²) in [4.78, 5) is 2.03. The number of hydrogen-bond donors (Lipinski definition) is 0. The van der Waals surface area contributed by atoms with Crippen LogP contribution in [0.25, 0.3) is 0 Å². The van der Waals surface area contributed by atoms with E-state index in [0.29, 0.717) is 6.54 Å². The predicted octanol–water partition coefficient (Wildman–Crippen LogP) is 2.79. The lowest BCUT2D eigenvalue weighted by Gasteiger charge is -2.21. The van der Waals surface area contributed by atoms with Crippen molar-refractivity contribution in [3.05, 3.63) is 29.8 Å². The van der Waals surface area contributed by atoms with Gasteiger partial charge in [0.1, 0.15) is 6.67 Å². The van der Waals surface area contributed by atoms with Crippen LogP contribution >= 0.6 is 0 Å². The highest BCUT2D eigenvalue weighted by atomic mass is 19.1. The van der Waals surface area contributed by atoms with E-state index in [-0.39, 0.29) is 6.67 Å². The van der Waals surface area contributed by atoms with Gasteiger partial charge in [-0.3, -0.25) is 0 Å². The fraction of sp³-hybridized carbons (Fsp3) is 0.455. The molecule has 0 saturated carbocycles. The van der Waals surface area contributed by atoms with E-state index in [9.17, 15) is 4.39 Å². The first kappa shape index (κ1) is 10.0. The number of alkyl halides is 1. The molecule has 1 aromatic carbocycles. The quantitative estimate of drug-likeness (QED) is 0.690. The summed E-state index contributed by atoms with van der Waals surface area (Å²) in [7, 11) is 0. The van der Waals surface area contributed by atoms with E-state index in [1.807, 2.05) is 36.9 Å². The highest BCUT2D eigenvalue weighted by molar-refractivity contribution is 5.48. The number of anilines is 1. The highest BCUT2D eigenvalue weighted by Gasteiger charge is 2.02. The summed E-state index contributed by atoms with van der Waals surface area (Å²) in [5.74, 6) is 0. The second-order valence-corrected chi connectivity index (χ2v) is 3.11. The molecule has 0 unspecified atom stereocenters. The minimum atomic E-state index is -0.290. The third-order valence-corrected chi connectivity index (χ3v) is 2.10. The molecule has 0 fully saturated rings. The topological polar surface area (TPSA) is 3.24 Å². The molecule has 0 spiro atoms. The Morgan fingerprint density at radius 1 is 1.38 bits per heavy atom. The summed E-state index contributed by atoms with van der Waals surface area (Å²) in [6.45, 7) is 5.14. The van der Waals surface area contributed by atoms with Crippen LogP contribution in [0.15, 0.2) is 24.3 Å². The molecule has 0 bridgehead atoms. The number of hydrogen-bond acceptors (Lipinski definition) is 1. The lowest BCUT2D eigenvalue weighted by Crippen LogP contribution is -2.24. The first-order chi connectivity index (χ1) is 6.27. The fourth-order valence-corrected chi connectivity index (χ4v) is 1.40. The Bertz CT molecular complexity index is 260. The minimum Gasteiger partial charge on any atom is -0.369 e. The third kappa shape index (κ3) is 2.72. The SMILES string of the molecule is CCN(CCF)c1cccc(C)c1. The van der Waals surface area contributed by atoms with Crippen molar-refractivity contribution in [1.29, 1.82) is 0 Å². The Hall–Kier alpha value is -1.05. The van der Waals surface area contributed by atoms with Gasteiger partial charge in [0.25, 0.3) is 0 Å². The maximum Gasteiger partial charge on any atom is 0.107 e. The van der Waals surface area contributed by atoms with E-state index in [1.165, 1.54) is 5.56 Å². The summed E-state index contributed by atoms with van der Waals surface area (Å²) in [5, 5.41) is 0. The van der Waals surface area contributed by atoms with Crippen molar-refractivity contribution in [3.63, 3.8) is 0 Å². The van der Waals surface area contributed by atoms with Crippen LogP contribution in [0.4, 0.5) is 10.1 Å². The van der Waals surface area contributed by atoms with E-state index >= 15 is 0 Å². The van der Waals surface area contributed by atoms with Crippen LogP contribution in [0.5, 0.6) is 0 Å². The molecule has 72 valence electrons. The van der Waals surface area contributed by atoms with Gasteiger partial charge in [-0.2, -0.15) is 0 Å². The average Bonchev–Trinajstić information content (AvgIpc) is 2.14. The third-order valence-electron chi connectivity index (χ3n) is 2.10. The zero-order valence-electron chi connectivity index (χ0n) is 8.26. The smallest absolute Gasteiger partial charge is 0.107 e. The van der Waals surface area contributed by atoms with Gasteiger partial charge in [-0.05, 0) is 31.5 Å². The number of halogens is 1. The van der Waals surface area contributed by atoms with Crippen LogP contribution in [0.1, 0.15) is 12.5 Å². The Morgan fingerprint density at radius 2 is 2.15 bits per heavy atom. The second kappa shape index (κ2) is 4.85. The first-order valence-electron chi connectivity index (χ1n) is 4.65. The molecule has 0 radical (unpaired) electrons. The van der Waals surface area contributed by atoms with Gasteiger partial charge in [0.15, 0.2) is 0 Å². The average molecular weight is 181 g/mol. The zero-order valence-corrected chi connectivity index (χ0v) is 8.26.